The maximum Gasteiger partial charge on any atom is 0.0726 e. The van der Waals surface area contributed by atoms with Crippen LogP contribution in [-0.2, 0) is 5.41 Å². The van der Waals surface area contributed by atoms with E-state index < -0.39 is 0 Å². The van der Waals surface area contributed by atoms with Gasteiger partial charge in [-0.1, -0.05) is 91.0 Å². The van der Waals surface area contributed by atoms with Crippen molar-refractivity contribution < 1.29 is 0 Å². The van der Waals surface area contributed by atoms with Crippen molar-refractivity contribution >= 4 is 21.8 Å². The van der Waals surface area contributed by atoms with Gasteiger partial charge in [0, 0.05) is 21.8 Å². The van der Waals surface area contributed by atoms with Gasteiger partial charge in [-0.05, 0) is 62.7 Å². The van der Waals surface area contributed by atoms with Gasteiger partial charge in [0.25, 0.3) is 0 Å². The Bertz CT molecular complexity index is 1690. The maximum absolute atomic E-state index is 3.69. The number of hydrogen-bond donors (Lipinski definition) is 1. The van der Waals surface area contributed by atoms with E-state index in [1.54, 1.807) is 0 Å². The quantitative estimate of drug-likeness (QED) is 0.266. The van der Waals surface area contributed by atoms with Gasteiger partial charge in [0.2, 0.25) is 0 Å². The highest BCUT2D eigenvalue weighted by molar-refractivity contribution is 6.10. The van der Waals surface area contributed by atoms with Crippen molar-refractivity contribution in [2.24, 2.45) is 0 Å². The summed E-state index contributed by atoms with van der Waals surface area (Å²) >= 11 is 0. The second-order valence-corrected chi connectivity index (χ2v) is 9.00. The van der Waals surface area contributed by atoms with E-state index in [4.69, 9.17) is 0 Å². The predicted molar refractivity (Wildman–Crippen MR) is 132 cm³/mol. The van der Waals surface area contributed by atoms with E-state index in [1.165, 1.54) is 66.3 Å². The second kappa shape index (κ2) is 5.57. The number of benzene rings is 5. The van der Waals surface area contributed by atoms with Crippen LogP contribution in [0.5, 0.6) is 0 Å². The van der Waals surface area contributed by atoms with Crippen LogP contribution in [0.1, 0.15) is 22.3 Å². The summed E-state index contributed by atoms with van der Waals surface area (Å²) in [4.78, 5) is 3.69. The Morgan fingerprint density at radius 3 is 1.59 bits per heavy atom. The molecule has 0 fully saturated rings. The summed E-state index contributed by atoms with van der Waals surface area (Å²) < 4.78 is 0. The third kappa shape index (κ3) is 1.75. The molecule has 1 spiro atoms. The number of aromatic amines is 1. The standard InChI is InChI=1S/C31H19N/c1-5-13-25-19(9-1)20-10-2-6-14-26(20)31(25)27-15-7-3-11-21(27)23-17-24-22-12-4-8-16-29(22)32-30(24)18-28(23)31/h1-18,32H. The number of hydrogen-bond acceptors (Lipinski definition) is 0. The van der Waals surface area contributed by atoms with Crippen molar-refractivity contribution in [3.63, 3.8) is 0 Å². The lowest BCUT2D eigenvalue weighted by Crippen LogP contribution is -2.25. The molecule has 0 unspecified atom stereocenters. The molecule has 0 saturated carbocycles. The Morgan fingerprint density at radius 1 is 0.406 bits per heavy atom. The van der Waals surface area contributed by atoms with Crippen molar-refractivity contribution in [2.75, 3.05) is 0 Å². The van der Waals surface area contributed by atoms with E-state index in [9.17, 15) is 0 Å². The molecule has 5 aromatic carbocycles. The molecule has 1 heterocycles. The first-order valence-corrected chi connectivity index (χ1v) is 11.2. The molecule has 0 radical (unpaired) electrons. The highest BCUT2D eigenvalue weighted by Crippen LogP contribution is 2.63. The van der Waals surface area contributed by atoms with Crippen molar-refractivity contribution in [3.05, 3.63) is 131 Å². The fourth-order valence-corrected chi connectivity index (χ4v) is 6.44. The number of H-pyrrole nitrogens is 1. The Morgan fingerprint density at radius 2 is 0.938 bits per heavy atom. The minimum absolute atomic E-state index is 0.273. The third-order valence-corrected chi connectivity index (χ3v) is 7.62. The lowest BCUT2D eigenvalue weighted by atomic mass is 9.70. The van der Waals surface area contributed by atoms with Crippen LogP contribution in [0.4, 0.5) is 0 Å². The van der Waals surface area contributed by atoms with Gasteiger partial charge >= 0.3 is 0 Å². The Labute approximate surface area is 186 Å². The summed E-state index contributed by atoms with van der Waals surface area (Å²) in [6.07, 6.45) is 0. The molecule has 1 heteroatoms. The van der Waals surface area contributed by atoms with E-state index in [0.717, 1.165) is 0 Å². The molecule has 0 aliphatic heterocycles. The van der Waals surface area contributed by atoms with E-state index in [1.807, 2.05) is 0 Å². The van der Waals surface area contributed by atoms with Gasteiger partial charge in [0.1, 0.15) is 0 Å². The van der Waals surface area contributed by atoms with Gasteiger partial charge in [0.15, 0.2) is 0 Å². The number of nitrogens with one attached hydrogen (secondary N) is 1. The topological polar surface area (TPSA) is 15.8 Å². The predicted octanol–water partition coefficient (Wildman–Crippen LogP) is 7.66. The molecule has 2 aliphatic rings. The Kier molecular flexibility index (Phi) is 2.89. The van der Waals surface area contributed by atoms with Gasteiger partial charge in [-0.2, -0.15) is 0 Å². The fraction of sp³-hybridized carbons (Fsp3) is 0.0323. The molecule has 0 amide bonds. The molecule has 0 saturated heterocycles. The summed E-state index contributed by atoms with van der Waals surface area (Å²) in [5.74, 6) is 0. The summed E-state index contributed by atoms with van der Waals surface area (Å²) in [7, 11) is 0. The fourth-order valence-electron chi connectivity index (χ4n) is 6.44. The van der Waals surface area contributed by atoms with Crippen LogP contribution in [0, 0.1) is 0 Å². The molecular weight excluding hydrogens is 386 g/mol. The van der Waals surface area contributed by atoms with Crippen LogP contribution in [0.25, 0.3) is 44.1 Å². The number of fused-ring (bicyclic) bond motifs is 13. The number of para-hydroxylation sites is 1. The molecule has 2 aliphatic carbocycles. The van der Waals surface area contributed by atoms with Crippen LogP contribution in [-0.4, -0.2) is 4.98 Å². The highest BCUT2D eigenvalue weighted by atomic mass is 14.7. The van der Waals surface area contributed by atoms with Gasteiger partial charge in [-0.15, -0.1) is 0 Å². The van der Waals surface area contributed by atoms with E-state index in [0.29, 0.717) is 0 Å². The van der Waals surface area contributed by atoms with Crippen molar-refractivity contribution in [3.8, 4) is 22.3 Å². The summed E-state index contributed by atoms with van der Waals surface area (Å²) in [5.41, 5.74) is 13.1. The van der Waals surface area contributed by atoms with Crippen LogP contribution in [0.2, 0.25) is 0 Å². The van der Waals surface area contributed by atoms with Crippen molar-refractivity contribution in [1.29, 1.82) is 0 Å². The van der Waals surface area contributed by atoms with Crippen molar-refractivity contribution in [2.45, 2.75) is 5.41 Å². The minimum atomic E-state index is -0.273. The molecular formula is C31H19N. The molecule has 1 aromatic heterocycles. The zero-order valence-corrected chi connectivity index (χ0v) is 17.4. The van der Waals surface area contributed by atoms with Gasteiger partial charge in [-0.3, -0.25) is 0 Å². The maximum atomic E-state index is 3.69. The highest BCUT2D eigenvalue weighted by Gasteiger charge is 2.51. The third-order valence-electron chi connectivity index (χ3n) is 7.62. The lowest BCUT2D eigenvalue weighted by molar-refractivity contribution is 0.795. The smallest absolute Gasteiger partial charge is 0.0726 e. The second-order valence-electron chi connectivity index (χ2n) is 9.00. The monoisotopic (exact) mass is 405 g/mol. The van der Waals surface area contributed by atoms with Gasteiger partial charge < -0.3 is 4.98 Å². The largest absolute Gasteiger partial charge is 0.355 e. The van der Waals surface area contributed by atoms with Crippen LogP contribution in [0.15, 0.2) is 109 Å². The van der Waals surface area contributed by atoms with Crippen LogP contribution < -0.4 is 0 Å². The summed E-state index contributed by atoms with van der Waals surface area (Å²) in [6, 6.07) is 40.4. The first-order chi connectivity index (χ1) is 15.9. The van der Waals surface area contributed by atoms with E-state index >= 15 is 0 Å². The number of aromatic nitrogens is 1. The first kappa shape index (κ1) is 16.6. The van der Waals surface area contributed by atoms with Crippen LogP contribution in [0.3, 0.4) is 0 Å². The first-order valence-electron chi connectivity index (χ1n) is 11.2. The molecule has 32 heavy (non-hydrogen) atoms. The molecule has 148 valence electrons. The molecule has 8 rings (SSSR count). The van der Waals surface area contributed by atoms with Gasteiger partial charge in [0.05, 0.1) is 5.41 Å². The normalized spacial score (nSPS) is 14.5. The molecule has 0 atom stereocenters. The average Bonchev–Trinajstić information content (AvgIpc) is 3.46. The van der Waals surface area contributed by atoms with E-state index in [-0.39, 0.29) is 5.41 Å². The molecule has 1 N–H and O–H groups in total. The SMILES string of the molecule is c1ccc2c(c1)-c1ccccc1C21c2ccccc2-c2cc3c(cc21)[nH]c1ccccc13. The Balaban J connectivity index is 1.61. The van der Waals surface area contributed by atoms with Crippen molar-refractivity contribution in [1.82, 2.24) is 4.98 Å². The molecule has 1 nitrogen and oxygen atoms in total. The lowest BCUT2D eigenvalue weighted by Gasteiger charge is -2.30. The Hall–Kier alpha value is -4.10. The number of rotatable bonds is 0. The summed E-state index contributed by atoms with van der Waals surface area (Å²) in [5, 5.41) is 2.58. The molecule has 6 aromatic rings. The van der Waals surface area contributed by atoms with Crippen LogP contribution >= 0.6 is 0 Å². The van der Waals surface area contributed by atoms with E-state index in [2.05, 4.69) is 114 Å². The zero-order valence-electron chi connectivity index (χ0n) is 17.4. The minimum Gasteiger partial charge on any atom is -0.355 e. The zero-order chi connectivity index (χ0) is 20.9. The summed E-state index contributed by atoms with van der Waals surface area (Å²) in [6.45, 7) is 0. The molecule has 0 bridgehead atoms. The average molecular weight is 406 g/mol. The van der Waals surface area contributed by atoms with Gasteiger partial charge in [-0.25, -0.2) is 0 Å².